The summed E-state index contributed by atoms with van der Waals surface area (Å²) >= 11 is 0. The van der Waals surface area contributed by atoms with Crippen molar-refractivity contribution in [2.45, 2.75) is 42.9 Å². The van der Waals surface area contributed by atoms with Gasteiger partial charge in [-0.15, -0.1) is 0 Å². The Morgan fingerprint density at radius 1 is 1.15 bits per heavy atom. The highest BCUT2D eigenvalue weighted by Gasteiger charge is 2.41. The van der Waals surface area contributed by atoms with Crippen molar-refractivity contribution >= 4 is 16.9 Å². The first-order valence-corrected chi connectivity index (χ1v) is 8.26. The molecule has 1 aromatic heterocycles. The molecular weight excluding hydrogens is 344 g/mol. The summed E-state index contributed by atoms with van der Waals surface area (Å²) < 4.78 is 0. The van der Waals surface area contributed by atoms with Crippen LogP contribution in [0, 0.1) is 0 Å². The predicted octanol–water partition coefficient (Wildman–Crippen LogP) is -1.76. The van der Waals surface area contributed by atoms with Crippen LogP contribution < -0.4 is 5.32 Å². The van der Waals surface area contributed by atoms with E-state index in [4.69, 9.17) is 5.11 Å². The van der Waals surface area contributed by atoms with Gasteiger partial charge in [-0.3, -0.25) is 10.1 Å². The van der Waals surface area contributed by atoms with Crippen molar-refractivity contribution in [3.63, 3.8) is 0 Å². The summed E-state index contributed by atoms with van der Waals surface area (Å²) in [5.41, 5.74) is 1.98. The van der Waals surface area contributed by atoms with E-state index in [0.29, 0.717) is 11.3 Å². The molecule has 0 amide bonds. The van der Waals surface area contributed by atoms with E-state index < -0.39 is 49.1 Å². The van der Waals surface area contributed by atoms with Crippen LogP contribution in [0.25, 0.3) is 10.9 Å². The largest absolute Gasteiger partial charge is 0.480 e. The molecule has 6 atom stereocenters. The lowest BCUT2D eigenvalue weighted by molar-refractivity contribution is -0.142. The SMILES string of the molecule is O=C(O)[C@H]1Cc2c([nH]c3ccccc23)[C@H]([C@@H](O)[C@@H](O)[C@@H](O)[C@@H](O)CO)N1. The van der Waals surface area contributed by atoms with Gasteiger partial charge in [0.05, 0.1) is 12.6 Å². The maximum atomic E-state index is 11.5. The standard InChI is InChI=1S/C17H22N2O7/c20-6-11(21)14(22)16(24)15(23)13-12-8(5-10(19-13)17(25)26)7-3-1-2-4-9(7)18-12/h1-4,10-11,13-16,18-24H,5-6H2,(H,25,26)/t10-,11+,13-,14+,15-,16+/m1/s1. The van der Waals surface area contributed by atoms with Crippen LogP contribution >= 0.6 is 0 Å². The number of carboxylic acids is 1. The summed E-state index contributed by atoms with van der Waals surface area (Å²) in [7, 11) is 0. The second-order valence-electron chi connectivity index (χ2n) is 6.52. The first kappa shape index (κ1) is 18.8. The van der Waals surface area contributed by atoms with Crippen LogP contribution in [-0.2, 0) is 11.2 Å². The van der Waals surface area contributed by atoms with Gasteiger partial charge in [0.1, 0.15) is 30.5 Å². The Morgan fingerprint density at radius 3 is 2.50 bits per heavy atom. The van der Waals surface area contributed by atoms with Gasteiger partial charge < -0.3 is 35.6 Å². The van der Waals surface area contributed by atoms with Crippen LogP contribution in [0.3, 0.4) is 0 Å². The fourth-order valence-corrected chi connectivity index (χ4v) is 3.43. The number of carbonyl (C=O) groups is 1. The van der Waals surface area contributed by atoms with E-state index in [1.807, 2.05) is 24.3 Å². The number of carboxylic acid groups (broad SMARTS) is 1. The van der Waals surface area contributed by atoms with Crippen molar-refractivity contribution in [1.82, 2.24) is 10.3 Å². The number of hydrogen-bond donors (Lipinski definition) is 8. The average molecular weight is 366 g/mol. The Labute approximate surface area is 148 Å². The molecule has 2 heterocycles. The number of aromatic amines is 1. The molecule has 142 valence electrons. The minimum absolute atomic E-state index is 0.190. The smallest absolute Gasteiger partial charge is 0.321 e. The molecule has 8 N–H and O–H groups in total. The third kappa shape index (κ3) is 3.20. The molecule has 9 heteroatoms. The van der Waals surface area contributed by atoms with Crippen molar-refractivity contribution in [3.05, 3.63) is 35.5 Å². The summed E-state index contributed by atoms with van der Waals surface area (Å²) in [6, 6.07) is 5.27. The van der Waals surface area contributed by atoms with E-state index in [1.165, 1.54) is 0 Å². The molecule has 3 rings (SSSR count). The maximum Gasteiger partial charge on any atom is 0.321 e. The van der Waals surface area contributed by atoms with E-state index in [0.717, 1.165) is 10.9 Å². The fourth-order valence-electron chi connectivity index (χ4n) is 3.43. The number of benzene rings is 1. The van der Waals surface area contributed by atoms with Crippen LogP contribution in [0.2, 0.25) is 0 Å². The van der Waals surface area contributed by atoms with Gasteiger partial charge in [0.25, 0.3) is 0 Å². The lowest BCUT2D eigenvalue weighted by Gasteiger charge is -2.36. The zero-order valence-corrected chi connectivity index (χ0v) is 13.8. The highest BCUT2D eigenvalue weighted by molar-refractivity contribution is 5.86. The monoisotopic (exact) mass is 366 g/mol. The number of aromatic nitrogens is 1. The van der Waals surface area contributed by atoms with Crippen molar-refractivity contribution in [2.24, 2.45) is 0 Å². The maximum absolute atomic E-state index is 11.5. The molecule has 0 saturated carbocycles. The molecule has 2 aromatic rings. The normalized spacial score (nSPS) is 24.7. The van der Waals surface area contributed by atoms with Gasteiger partial charge in [0.15, 0.2) is 0 Å². The molecule has 9 nitrogen and oxygen atoms in total. The molecule has 0 unspecified atom stereocenters. The van der Waals surface area contributed by atoms with Crippen LogP contribution in [0.4, 0.5) is 0 Å². The quantitative estimate of drug-likeness (QED) is 0.298. The molecule has 0 bridgehead atoms. The molecule has 0 saturated heterocycles. The van der Waals surface area contributed by atoms with E-state index in [-0.39, 0.29) is 6.42 Å². The predicted molar refractivity (Wildman–Crippen MR) is 90.4 cm³/mol. The molecule has 0 spiro atoms. The number of H-pyrrole nitrogens is 1. The second kappa shape index (κ2) is 7.31. The van der Waals surface area contributed by atoms with E-state index in [2.05, 4.69) is 10.3 Å². The van der Waals surface area contributed by atoms with Crippen molar-refractivity contribution in [1.29, 1.82) is 0 Å². The topological polar surface area (TPSA) is 166 Å². The lowest BCUT2D eigenvalue weighted by Crippen LogP contribution is -2.54. The van der Waals surface area contributed by atoms with Gasteiger partial charge in [-0.1, -0.05) is 18.2 Å². The van der Waals surface area contributed by atoms with Gasteiger partial charge in [-0.25, -0.2) is 0 Å². The van der Waals surface area contributed by atoms with Crippen molar-refractivity contribution < 1.29 is 35.4 Å². The van der Waals surface area contributed by atoms with Crippen molar-refractivity contribution in [2.75, 3.05) is 6.61 Å². The Morgan fingerprint density at radius 2 is 1.85 bits per heavy atom. The van der Waals surface area contributed by atoms with Crippen LogP contribution in [0.1, 0.15) is 17.3 Å². The second-order valence-corrected chi connectivity index (χ2v) is 6.52. The number of aliphatic carboxylic acids is 1. The van der Waals surface area contributed by atoms with Gasteiger partial charge in [-0.05, 0) is 11.6 Å². The first-order valence-electron chi connectivity index (χ1n) is 8.26. The van der Waals surface area contributed by atoms with Gasteiger partial charge in [-0.2, -0.15) is 0 Å². The number of nitrogens with one attached hydrogen (secondary N) is 2. The Bertz CT molecular complexity index is 793. The van der Waals surface area contributed by atoms with Gasteiger partial charge in [0.2, 0.25) is 0 Å². The molecule has 26 heavy (non-hydrogen) atoms. The first-order chi connectivity index (χ1) is 12.3. The Kier molecular flexibility index (Phi) is 5.28. The minimum Gasteiger partial charge on any atom is -0.480 e. The summed E-state index contributed by atoms with van der Waals surface area (Å²) in [6.45, 7) is -0.793. The molecule has 0 radical (unpaired) electrons. The highest BCUT2D eigenvalue weighted by atomic mass is 16.4. The summed E-state index contributed by atoms with van der Waals surface area (Å²) in [5.74, 6) is -1.11. The average Bonchev–Trinajstić information content (AvgIpc) is 3.03. The number of para-hydroxylation sites is 1. The van der Waals surface area contributed by atoms with E-state index >= 15 is 0 Å². The Hall–Kier alpha value is -2.01. The zero-order valence-electron chi connectivity index (χ0n) is 13.8. The van der Waals surface area contributed by atoms with Crippen LogP contribution in [-0.4, -0.2) is 78.7 Å². The summed E-state index contributed by atoms with van der Waals surface area (Å²) in [6.07, 6.45) is -6.67. The molecular formula is C17H22N2O7. The third-order valence-electron chi connectivity index (χ3n) is 4.87. The summed E-state index contributed by atoms with van der Waals surface area (Å²) in [4.78, 5) is 14.6. The molecule has 0 aliphatic carbocycles. The molecule has 1 aliphatic heterocycles. The number of aliphatic hydroxyl groups excluding tert-OH is 5. The third-order valence-corrected chi connectivity index (χ3v) is 4.87. The number of hydrogen-bond acceptors (Lipinski definition) is 7. The number of aliphatic hydroxyl groups is 5. The van der Waals surface area contributed by atoms with Crippen LogP contribution in [0.5, 0.6) is 0 Å². The van der Waals surface area contributed by atoms with Crippen molar-refractivity contribution in [3.8, 4) is 0 Å². The van der Waals surface area contributed by atoms with Gasteiger partial charge in [0, 0.05) is 23.0 Å². The number of fused-ring (bicyclic) bond motifs is 3. The molecule has 1 aromatic carbocycles. The zero-order chi connectivity index (χ0) is 19.0. The number of rotatable bonds is 6. The van der Waals surface area contributed by atoms with E-state index in [1.54, 1.807) is 0 Å². The highest BCUT2D eigenvalue weighted by Crippen LogP contribution is 2.34. The van der Waals surface area contributed by atoms with Gasteiger partial charge >= 0.3 is 5.97 Å². The van der Waals surface area contributed by atoms with Crippen LogP contribution in [0.15, 0.2) is 24.3 Å². The minimum atomic E-state index is -1.80. The Balaban J connectivity index is 1.99. The molecule has 0 fully saturated rings. The molecule has 1 aliphatic rings. The fraction of sp³-hybridized carbons (Fsp3) is 0.471. The summed E-state index contributed by atoms with van der Waals surface area (Å²) in [5, 5.41) is 62.0. The lowest BCUT2D eigenvalue weighted by atomic mass is 9.88. The van der Waals surface area contributed by atoms with E-state index in [9.17, 15) is 30.3 Å².